The topological polar surface area (TPSA) is 71.1 Å². The van der Waals surface area contributed by atoms with Gasteiger partial charge in [0.1, 0.15) is 0 Å². The molecule has 5 nitrogen and oxygen atoms in total. The molecule has 0 spiro atoms. The van der Waals surface area contributed by atoms with Crippen LogP contribution in [0.15, 0.2) is 24.3 Å². The van der Waals surface area contributed by atoms with E-state index in [4.69, 9.17) is 10.5 Å². The van der Waals surface area contributed by atoms with E-state index < -0.39 is 0 Å². The number of hydrogen-bond acceptors (Lipinski definition) is 4. The summed E-state index contributed by atoms with van der Waals surface area (Å²) in [6.45, 7) is 1.07. The van der Waals surface area contributed by atoms with E-state index in [1.807, 2.05) is 30.1 Å². The molecule has 5 heteroatoms. The Morgan fingerprint density at radius 2 is 1.80 bits per heavy atom. The number of amides is 1. The van der Waals surface area contributed by atoms with E-state index in [1.165, 1.54) is 0 Å². The molecule has 1 rings (SSSR count). The lowest BCUT2D eigenvalue weighted by atomic mass is 10.2. The van der Waals surface area contributed by atoms with Gasteiger partial charge in [-0.3, -0.25) is 4.79 Å². The van der Waals surface area contributed by atoms with Crippen LogP contribution in [0.25, 0.3) is 0 Å². The Kier molecular flexibility index (Phi) is 6.06. The highest BCUT2D eigenvalue weighted by atomic mass is 16.2. The quantitative estimate of drug-likeness (QED) is 0.789. The summed E-state index contributed by atoms with van der Waals surface area (Å²) in [5.41, 5.74) is 1.59. The monoisotopic (exact) mass is 270 g/mol. The normalized spacial score (nSPS) is 9.40. The zero-order valence-corrected chi connectivity index (χ0v) is 11.8. The summed E-state index contributed by atoms with van der Waals surface area (Å²) < 4.78 is 0. The summed E-state index contributed by atoms with van der Waals surface area (Å²) >= 11 is 0. The standard InChI is InChI=1S/C15H18N4O/c1-18(14-6-4-13(12-17)5-7-14)11-8-15(20)19(2)10-3-9-16/h4-7H,3,8,10-11H2,1-2H3. The first-order chi connectivity index (χ1) is 9.58. The molecule has 0 N–H and O–H groups in total. The number of rotatable bonds is 6. The van der Waals surface area contributed by atoms with Crippen molar-refractivity contribution in [2.24, 2.45) is 0 Å². The molecule has 1 amide bonds. The van der Waals surface area contributed by atoms with Gasteiger partial charge < -0.3 is 9.80 Å². The van der Waals surface area contributed by atoms with Crippen LogP contribution in [-0.2, 0) is 4.79 Å². The van der Waals surface area contributed by atoms with Gasteiger partial charge in [-0.05, 0) is 24.3 Å². The maximum Gasteiger partial charge on any atom is 0.224 e. The van der Waals surface area contributed by atoms with E-state index in [-0.39, 0.29) is 5.91 Å². The van der Waals surface area contributed by atoms with Crippen molar-refractivity contribution in [3.8, 4) is 12.1 Å². The van der Waals surface area contributed by atoms with Crippen LogP contribution in [0, 0.1) is 22.7 Å². The average molecular weight is 270 g/mol. The molecule has 1 aromatic rings. The molecular formula is C15H18N4O. The second-order valence-electron chi connectivity index (χ2n) is 4.55. The third-order valence-corrected chi connectivity index (χ3v) is 3.08. The first kappa shape index (κ1) is 15.5. The van der Waals surface area contributed by atoms with Gasteiger partial charge in [0.2, 0.25) is 5.91 Å². The Labute approximate surface area is 119 Å². The van der Waals surface area contributed by atoms with Gasteiger partial charge in [-0.15, -0.1) is 0 Å². The highest BCUT2D eigenvalue weighted by Gasteiger charge is 2.10. The first-order valence-electron chi connectivity index (χ1n) is 6.40. The van der Waals surface area contributed by atoms with Gasteiger partial charge in [-0.2, -0.15) is 10.5 Å². The third kappa shape index (κ3) is 4.62. The fourth-order valence-corrected chi connectivity index (χ4v) is 1.72. The van der Waals surface area contributed by atoms with E-state index in [1.54, 1.807) is 24.1 Å². The highest BCUT2D eigenvalue weighted by molar-refractivity contribution is 5.76. The molecular weight excluding hydrogens is 252 g/mol. The zero-order valence-electron chi connectivity index (χ0n) is 11.8. The van der Waals surface area contributed by atoms with Crippen molar-refractivity contribution >= 4 is 11.6 Å². The Morgan fingerprint density at radius 3 is 2.35 bits per heavy atom. The van der Waals surface area contributed by atoms with Crippen LogP contribution in [0.1, 0.15) is 18.4 Å². The minimum absolute atomic E-state index is 0.0285. The predicted octanol–water partition coefficient (Wildman–Crippen LogP) is 1.76. The fraction of sp³-hybridized carbons (Fsp3) is 0.400. The van der Waals surface area contributed by atoms with Gasteiger partial charge in [0.05, 0.1) is 24.1 Å². The number of carbonyl (C=O) groups is 1. The van der Waals surface area contributed by atoms with Crippen LogP contribution in [0.5, 0.6) is 0 Å². The van der Waals surface area contributed by atoms with Crippen molar-refractivity contribution in [3.63, 3.8) is 0 Å². The van der Waals surface area contributed by atoms with Crippen molar-refractivity contribution < 1.29 is 4.79 Å². The van der Waals surface area contributed by atoms with Crippen molar-refractivity contribution in [2.45, 2.75) is 12.8 Å². The van der Waals surface area contributed by atoms with Crippen molar-refractivity contribution in [1.82, 2.24) is 4.90 Å². The van der Waals surface area contributed by atoms with Crippen molar-refractivity contribution in [3.05, 3.63) is 29.8 Å². The molecule has 0 saturated carbocycles. The highest BCUT2D eigenvalue weighted by Crippen LogP contribution is 2.13. The summed E-state index contributed by atoms with van der Waals surface area (Å²) in [5.74, 6) is 0.0285. The van der Waals surface area contributed by atoms with Crippen LogP contribution in [0.4, 0.5) is 5.69 Å². The third-order valence-electron chi connectivity index (χ3n) is 3.08. The molecule has 0 saturated heterocycles. The maximum absolute atomic E-state index is 11.8. The fourth-order valence-electron chi connectivity index (χ4n) is 1.72. The molecule has 20 heavy (non-hydrogen) atoms. The number of anilines is 1. The Bertz CT molecular complexity index is 524. The predicted molar refractivity (Wildman–Crippen MR) is 76.9 cm³/mol. The van der Waals surface area contributed by atoms with Crippen LogP contribution in [-0.4, -0.2) is 38.0 Å². The number of carbonyl (C=O) groups excluding carboxylic acids is 1. The molecule has 0 radical (unpaired) electrons. The van der Waals surface area contributed by atoms with E-state index in [0.717, 1.165) is 5.69 Å². The number of benzene rings is 1. The Hall–Kier alpha value is -2.53. The number of nitriles is 2. The molecule has 0 aliphatic heterocycles. The Morgan fingerprint density at radius 1 is 1.15 bits per heavy atom. The molecule has 0 unspecified atom stereocenters. The number of hydrogen-bond donors (Lipinski definition) is 0. The zero-order chi connectivity index (χ0) is 15.0. The van der Waals surface area contributed by atoms with Crippen molar-refractivity contribution in [2.75, 3.05) is 32.1 Å². The van der Waals surface area contributed by atoms with Gasteiger partial charge in [0.15, 0.2) is 0 Å². The summed E-state index contributed by atoms with van der Waals surface area (Å²) in [4.78, 5) is 15.4. The summed E-state index contributed by atoms with van der Waals surface area (Å²) in [7, 11) is 3.62. The minimum Gasteiger partial charge on any atom is -0.374 e. The van der Waals surface area contributed by atoms with E-state index in [0.29, 0.717) is 31.5 Å². The van der Waals surface area contributed by atoms with Crippen molar-refractivity contribution in [1.29, 1.82) is 10.5 Å². The van der Waals surface area contributed by atoms with Gasteiger partial charge in [-0.25, -0.2) is 0 Å². The minimum atomic E-state index is 0.0285. The Balaban J connectivity index is 2.46. The second kappa shape index (κ2) is 7.81. The van der Waals surface area contributed by atoms with Gasteiger partial charge in [-0.1, -0.05) is 0 Å². The first-order valence-corrected chi connectivity index (χ1v) is 6.40. The molecule has 0 bridgehead atoms. The van der Waals surface area contributed by atoms with Crippen LogP contribution < -0.4 is 4.90 Å². The average Bonchev–Trinajstić information content (AvgIpc) is 2.49. The van der Waals surface area contributed by atoms with Gasteiger partial charge >= 0.3 is 0 Å². The molecule has 1 aromatic carbocycles. The van der Waals surface area contributed by atoms with Gasteiger partial charge in [0.25, 0.3) is 0 Å². The van der Waals surface area contributed by atoms with E-state index in [9.17, 15) is 4.79 Å². The van der Waals surface area contributed by atoms with E-state index >= 15 is 0 Å². The van der Waals surface area contributed by atoms with Crippen LogP contribution >= 0.6 is 0 Å². The molecule has 0 aliphatic carbocycles. The molecule has 0 aromatic heterocycles. The molecule has 0 fully saturated rings. The smallest absolute Gasteiger partial charge is 0.224 e. The molecule has 0 aliphatic rings. The summed E-state index contributed by atoms with van der Waals surface area (Å²) in [6.07, 6.45) is 0.756. The lowest BCUT2D eigenvalue weighted by Gasteiger charge is -2.21. The second-order valence-corrected chi connectivity index (χ2v) is 4.55. The lowest BCUT2D eigenvalue weighted by molar-refractivity contribution is -0.129. The largest absolute Gasteiger partial charge is 0.374 e. The maximum atomic E-state index is 11.8. The van der Waals surface area contributed by atoms with Crippen LogP contribution in [0.2, 0.25) is 0 Å². The summed E-state index contributed by atoms with van der Waals surface area (Å²) in [5, 5.41) is 17.2. The SMILES string of the molecule is CN(CCC#N)C(=O)CCN(C)c1ccc(C#N)cc1. The van der Waals surface area contributed by atoms with E-state index in [2.05, 4.69) is 6.07 Å². The number of nitrogens with zero attached hydrogens (tertiary/aromatic N) is 4. The lowest BCUT2D eigenvalue weighted by Crippen LogP contribution is -2.31. The molecule has 0 heterocycles. The molecule has 104 valence electrons. The van der Waals surface area contributed by atoms with Crippen LogP contribution in [0.3, 0.4) is 0 Å². The molecule has 0 atom stereocenters. The summed E-state index contributed by atoms with van der Waals surface area (Å²) in [6, 6.07) is 11.3. The van der Waals surface area contributed by atoms with Gasteiger partial charge in [0, 0.05) is 39.3 Å².